The van der Waals surface area contributed by atoms with Crippen LogP contribution in [0.2, 0.25) is 24.7 Å². The van der Waals surface area contributed by atoms with Crippen LogP contribution in [0.5, 0.6) is 0 Å². The molecule has 0 heterocycles. The van der Waals surface area contributed by atoms with Gasteiger partial charge in [-0.1, -0.05) is 11.6 Å². The van der Waals surface area contributed by atoms with Gasteiger partial charge < -0.3 is 4.43 Å². The van der Waals surface area contributed by atoms with Crippen molar-refractivity contribution in [3.8, 4) is 0 Å². The Labute approximate surface area is 107 Å². The molecule has 0 bridgehead atoms. The van der Waals surface area contributed by atoms with Crippen LogP contribution in [-0.4, -0.2) is 14.6 Å². The predicted molar refractivity (Wildman–Crippen MR) is 72.6 cm³/mol. The first-order valence-corrected chi connectivity index (χ1v) is 9.35. The first-order valence-electron chi connectivity index (χ1n) is 5.57. The zero-order valence-electron chi connectivity index (χ0n) is 10.2. The van der Waals surface area contributed by atoms with Crippen molar-refractivity contribution in [2.24, 2.45) is 0 Å². The van der Waals surface area contributed by atoms with Crippen LogP contribution in [0.3, 0.4) is 0 Å². The summed E-state index contributed by atoms with van der Waals surface area (Å²) in [5, 5.41) is 0.697. The molecule has 0 aliphatic heterocycles. The molecule has 17 heavy (non-hydrogen) atoms. The zero-order valence-corrected chi connectivity index (χ0v) is 12.0. The molecular formula is C13H15ClO2Si. The lowest BCUT2D eigenvalue weighted by Crippen LogP contribution is -2.24. The van der Waals surface area contributed by atoms with Crippen LogP contribution in [0.1, 0.15) is 11.1 Å². The number of rotatable bonds is 3. The molecule has 1 aliphatic rings. The monoisotopic (exact) mass is 266 g/mol. The highest BCUT2D eigenvalue weighted by atomic mass is 35.5. The summed E-state index contributed by atoms with van der Waals surface area (Å²) in [4.78, 5) is 11.1. The Balaban J connectivity index is 2.44. The van der Waals surface area contributed by atoms with Crippen molar-refractivity contribution in [3.63, 3.8) is 0 Å². The highest BCUT2D eigenvalue weighted by molar-refractivity contribution is 6.70. The Bertz CT molecular complexity index is 501. The van der Waals surface area contributed by atoms with E-state index < -0.39 is 8.32 Å². The van der Waals surface area contributed by atoms with Crippen molar-refractivity contribution in [2.75, 3.05) is 0 Å². The summed E-state index contributed by atoms with van der Waals surface area (Å²) in [6, 6.07) is 5.67. The molecule has 1 aromatic carbocycles. The molecule has 0 unspecified atom stereocenters. The van der Waals surface area contributed by atoms with Gasteiger partial charge in [0.25, 0.3) is 0 Å². The summed E-state index contributed by atoms with van der Waals surface area (Å²) in [6.07, 6.45) is 1.52. The van der Waals surface area contributed by atoms with E-state index in [1.807, 2.05) is 18.2 Å². The third kappa shape index (κ3) is 2.61. The van der Waals surface area contributed by atoms with Gasteiger partial charge in [-0.25, -0.2) is 0 Å². The minimum atomic E-state index is -1.71. The standard InChI is InChI=1S/C13H15ClO2Si/c1-17(2,3)16-13-10(8-15)6-9-7-11(14)4-5-12(9)13/h4-5,7-8H,6H2,1-3H3. The SMILES string of the molecule is C[Si](C)(C)OC1=C(C=O)Cc2cc(Cl)ccc21. The highest BCUT2D eigenvalue weighted by Crippen LogP contribution is 2.35. The van der Waals surface area contributed by atoms with Gasteiger partial charge in [-0.05, 0) is 43.4 Å². The lowest BCUT2D eigenvalue weighted by atomic mass is 10.1. The van der Waals surface area contributed by atoms with Crippen LogP contribution >= 0.6 is 11.6 Å². The normalized spacial score (nSPS) is 14.8. The summed E-state index contributed by atoms with van der Waals surface area (Å²) in [6.45, 7) is 6.32. The Morgan fingerprint density at radius 1 is 1.35 bits per heavy atom. The van der Waals surface area contributed by atoms with Gasteiger partial charge in [0.05, 0.1) is 0 Å². The second kappa shape index (κ2) is 4.31. The number of aldehydes is 1. The fourth-order valence-electron chi connectivity index (χ4n) is 1.91. The Morgan fingerprint density at radius 2 is 2.06 bits per heavy atom. The second-order valence-electron chi connectivity index (χ2n) is 5.16. The molecule has 4 heteroatoms. The third-order valence-electron chi connectivity index (χ3n) is 2.53. The molecule has 0 saturated carbocycles. The van der Waals surface area contributed by atoms with Crippen LogP contribution in [-0.2, 0) is 15.6 Å². The van der Waals surface area contributed by atoms with Crippen molar-refractivity contribution in [3.05, 3.63) is 39.9 Å². The van der Waals surface area contributed by atoms with Gasteiger partial charge in [-0.15, -0.1) is 0 Å². The van der Waals surface area contributed by atoms with Gasteiger partial charge in [0, 0.05) is 22.6 Å². The first kappa shape index (κ1) is 12.4. The fraction of sp³-hybridized carbons (Fsp3) is 0.308. The Morgan fingerprint density at radius 3 is 2.65 bits per heavy atom. The molecule has 0 amide bonds. The molecule has 2 nitrogen and oxygen atoms in total. The number of hydrogen-bond donors (Lipinski definition) is 0. The molecule has 0 N–H and O–H groups in total. The molecule has 0 fully saturated rings. The molecule has 1 aromatic rings. The summed E-state index contributed by atoms with van der Waals surface area (Å²) < 4.78 is 6.01. The van der Waals surface area contributed by atoms with Crippen LogP contribution in [0.4, 0.5) is 0 Å². The second-order valence-corrected chi connectivity index (χ2v) is 10.0. The Hall–Kier alpha value is -1.06. The zero-order chi connectivity index (χ0) is 12.6. The highest BCUT2D eigenvalue weighted by Gasteiger charge is 2.27. The smallest absolute Gasteiger partial charge is 0.242 e. The van der Waals surface area contributed by atoms with Gasteiger partial charge in [0.15, 0.2) is 0 Å². The largest absolute Gasteiger partial charge is 0.544 e. The van der Waals surface area contributed by atoms with E-state index in [9.17, 15) is 4.79 Å². The molecule has 0 spiro atoms. The van der Waals surface area contributed by atoms with E-state index in [4.69, 9.17) is 16.0 Å². The molecule has 90 valence electrons. The topological polar surface area (TPSA) is 26.3 Å². The number of carbonyl (C=O) groups excluding carboxylic acids is 1. The minimum absolute atomic E-state index is 0.624. The van der Waals surface area contributed by atoms with Crippen LogP contribution in [0.15, 0.2) is 23.8 Å². The first-order chi connectivity index (χ1) is 7.90. The molecule has 0 saturated heterocycles. The maximum Gasteiger partial charge on any atom is 0.242 e. The van der Waals surface area contributed by atoms with Crippen LogP contribution in [0, 0.1) is 0 Å². The van der Waals surface area contributed by atoms with E-state index in [-0.39, 0.29) is 0 Å². The van der Waals surface area contributed by atoms with Crippen molar-refractivity contribution in [2.45, 2.75) is 26.1 Å². The van der Waals surface area contributed by atoms with Crippen molar-refractivity contribution < 1.29 is 9.22 Å². The molecule has 0 radical (unpaired) electrons. The van der Waals surface area contributed by atoms with Crippen LogP contribution in [0.25, 0.3) is 5.76 Å². The average molecular weight is 267 g/mol. The van der Waals surface area contributed by atoms with E-state index in [1.54, 1.807) is 0 Å². The molecular weight excluding hydrogens is 252 g/mol. The van der Waals surface area contributed by atoms with Crippen molar-refractivity contribution >= 4 is 32.0 Å². The number of fused-ring (bicyclic) bond motifs is 1. The summed E-state index contributed by atoms with van der Waals surface area (Å²) >= 11 is 5.96. The molecule has 1 aliphatic carbocycles. The minimum Gasteiger partial charge on any atom is -0.544 e. The fourth-order valence-corrected chi connectivity index (χ4v) is 2.96. The van der Waals surface area contributed by atoms with E-state index in [1.165, 1.54) is 0 Å². The molecule has 0 atom stereocenters. The Kier molecular flexibility index (Phi) is 3.14. The van der Waals surface area contributed by atoms with E-state index in [0.717, 1.165) is 28.7 Å². The number of allylic oxidation sites excluding steroid dienone is 1. The summed E-state index contributed by atoms with van der Waals surface area (Å²) in [5.74, 6) is 0.755. The van der Waals surface area contributed by atoms with Gasteiger partial charge in [-0.3, -0.25) is 4.79 Å². The van der Waals surface area contributed by atoms with E-state index >= 15 is 0 Å². The third-order valence-corrected chi connectivity index (χ3v) is 3.59. The maximum atomic E-state index is 11.1. The van der Waals surface area contributed by atoms with Gasteiger partial charge in [0.2, 0.25) is 8.32 Å². The summed E-state index contributed by atoms with van der Waals surface area (Å²) in [5.41, 5.74) is 2.82. The van der Waals surface area contributed by atoms with E-state index in [2.05, 4.69) is 19.6 Å². The lowest BCUT2D eigenvalue weighted by Gasteiger charge is -2.21. The van der Waals surface area contributed by atoms with Crippen LogP contribution < -0.4 is 0 Å². The molecule has 0 aromatic heterocycles. The number of hydrogen-bond acceptors (Lipinski definition) is 2. The predicted octanol–water partition coefficient (Wildman–Crippen LogP) is 3.66. The van der Waals surface area contributed by atoms with Crippen molar-refractivity contribution in [1.29, 1.82) is 0 Å². The number of carbonyl (C=O) groups is 1. The number of halogens is 1. The van der Waals surface area contributed by atoms with Gasteiger partial charge >= 0.3 is 0 Å². The molecule has 2 rings (SSSR count). The average Bonchev–Trinajstić information content (AvgIpc) is 2.53. The van der Waals surface area contributed by atoms with E-state index in [0.29, 0.717) is 11.4 Å². The van der Waals surface area contributed by atoms with Gasteiger partial charge in [-0.2, -0.15) is 0 Å². The van der Waals surface area contributed by atoms with Crippen molar-refractivity contribution in [1.82, 2.24) is 0 Å². The number of benzene rings is 1. The summed E-state index contributed by atoms with van der Waals surface area (Å²) in [7, 11) is -1.71. The maximum absolute atomic E-state index is 11.1. The van der Waals surface area contributed by atoms with Gasteiger partial charge in [0.1, 0.15) is 12.0 Å². The quantitative estimate of drug-likeness (QED) is 0.617. The lowest BCUT2D eigenvalue weighted by molar-refractivity contribution is -0.104.